The Morgan fingerprint density at radius 3 is 2.18 bits per heavy atom. The van der Waals surface area contributed by atoms with Gasteiger partial charge in [0.05, 0.1) is 0 Å². The molecule has 166 valence electrons. The van der Waals surface area contributed by atoms with Gasteiger partial charge in [-0.25, -0.2) is 0 Å². The van der Waals surface area contributed by atoms with Crippen LogP contribution in [0.3, 0.4) is 0 Å². The summed E-state index contributed by atoms with van der Waals surface area (Å²) in [5.41, 5.74) is 4.50. The zero-order valence-electron chi connectivity index (χ0n) is 18.5. The van der Waals surface area contributed by atoms with Crippen molar-refractivity contribution in [3.63, 3.8) is 0 Å². The van der Waals surface area contributed by atoms with Crippen molar-refractivity contribution in [3.8, 4) is 11.1 Å². The molecule has 34 heavy (non-hydrogen) atoms. The van der Waals surface area contributed by atoms with Gasteiger partial charge < -0.3 is 5.11 Å². The van der Waals surface area contributed by atoms with E-state index in [0.717, 1.165) is 40.7 Å². The van der Waals surface area contributed by atoms with Gasteiger partial charge in [-0.3, -0.25) is 0 Å². The summed E-state index contributed by atoms with van der Waals surface area (Å²) in [6.07, 6.45) is 6.69. The van der Waals surface area contributed by atoms with Crippen molar-refractivity contribution in [1.29, 1.82) is 0 Å². The largest absolute Gasteiger partial charge is 0.376 e. The van der Waals surface area contributed by atoms with Crippen LogP contribution >= 0.6 is 22.9 Å². The minimum absolute atomic E-state index is 0.601. The van der Waals surface area contributed by atoms with E-state index in [9.17, 15) is 5.11 Å². The van der Waals surface area contributed by atoms with Crippen molar-refractivity contribution in [2.24, 2.45) is 0 Å². The summed E-state index contributed by atoms with van der Waals surface area (Å²) in [6, 6.07) is 32.1. The summed E-state index contributed by atoms with van der Waals surface area (Å²) < 4.78 is 1.26. The Hall–Kier alpha value is -3.17. The van der Waals surface area contributed by atoms with Gasteiger partial charge in [0.15, 0.2) is 0 Å². The fraction of sp³-hybridized carbons (Fsp3) is 0.0968. The topological polar surface area (TPSA) is 20.2 Å². The zero-order chi connectivity index (χ0) is 23.1. The van der Waals surface area contributed by atoms with Crippen LogP contribution in [-0.2, 0) is 12.0 Å². The second-order valence-corrected chi connectivity index (χ2v) is 10.2. The van der Waals surface area contributed by atoms with Gasteiger partial charge in [0, 0.05) is 25.5 Å². The quantitative estimate of drug-likeness (QED) is 0.257. The summed E-state index contributed by atoms with van der Waals surface area (Å²) in [5.74, 6) is 0. The first-order valence-corrected chi connectivity index (χ1v) is 12.7. The molecule has 1 nitrogen and oxygen atoms in total. The van der Waals surface area contributed by atoms with Crippen LogP contribution in [0.1, 0.15) is 33.6 Å². The van der Waals surface area contributed by atoms with Crippen molar-refractivity contribution in [1.82, 2.24) is 0 Å². The number of thiophene rings is 1. The molecule has 0 radical (unpaired) electrons. The molecule has 0 unspecified atom stereocenters. The van der Waals surface area contributed by atoms with E-state index >= 15 is 0 Å². The lowest BCUT2D eigenvalue weighted by molar-refractivity contribution is 0.126. The van der Waals surface area contributed by atoms with Crippen molar-refractivity contribution in [2.75, 3.05) is 0 Å². The van der Waals surface area contributed by atoms with Gasteiger partial charge in [-0.2, -0.15) is 0 Å². The molecule has 1 aliphatic rings. The second-order valence-electron chi connectivity index (χ2n) is 8.69. The lowest BCUT2D eigenvalue weighted by Crippen LogP contribution is -2.29. The van der Waals surface area contributed by atoms with E-state index < -0.39 is 5.60 Å². The predicted octanol–water partition coefficient (Wildman–Crippen LogP) is 8.47. The molecule has 1 N–H and O–H groups in total. The number of hydrogen-bond donors (Lipinski definition) is 1. The van der Waals surface area contributed by atoms with E-state index in [0.29, 0.717) is 5.02 Å². The van der Waals surface area contributed by atoms with Crippen molar-refractivity contribution in [3.05, 3.63) is 135 Å². The van der Waals surface area contributed by atoms with Crippen molar-refractivity contribution < 1.29 is 5.11 Å². The average molecular weight is 479 g/mol. The van der Waals surface area contributed by atoms with E-state index in [1.807, 2.05) is 84.1 Å². The highest BCUT2D eigenvalue weighted by Gasteiger charge is 2.36. The number of allylic oxidation sites excluding steroid dienone is 1. The van der Waals surface area contributed by atoms with Crippen LogP contribution in [0.25, 0.3) is 27.3 Å². The van der Waals surface area contributed by atoms with E-state index in [-0.39, 0.29) is 0 Å². The molecule has 0 fully saturated rings. The van der Waals surface area contributed by atoms with Gasteiger partial charge in [0.2, 0.25) is 0 Å². The molecule has 0 atom stereocenters. The third-order valence-electron chi connectivity index (χ3n) is 6.70. The van der Waals surface area contributed by atoms with Crippen LogP contribution in [0.4, 0.5) is 0 Å². The Kier molecular flexibility index (Phi) is 5.38. The first-order chi connectivity index (χ1) is 16.7. The fourth-order valence-corrected chi connectivity index (χ4v) is 6.57. The Morgan fingerprint density at radius 2 is 1.47 bits per heavy atom. The molecule has 0 bridgehead atoms. The summed E-state index contributed by atoms with van der Waals surface area (Å²) in [6.45, 7) is 0. The van der Waals surface area contributed by atoms with Crippen molar-refractivity contribution in [2.45, 2.75) is 18.4 Å². The first kappa shape index (κ1) is 21.4. The van der Waals surface area contributed by atoms with Crippen LogP contribution in [0.5, 0.6) is 0 Å². The summed E-state index contributed by atoms with van der Waals surface area (Å²) in [7, 11) is 0. The third kappa shape index (κ3) is 3.42. The van der Waals surface area contributed by atoms with Crippen LogP contribution in [0.15, 0.2) is 103 Å². The highest BCUT2D eigenvalue weighted by Crippen LogP contribution is 2.46. The molecule has 5 aromatic rings. The highest BCUT2D eigenvalue weighted by molar-refractivity contribution is 7.20. The smallest absolute Gasteiger partial charge is 0.141 e. The minimum Gasteiger partial charge on any atom is -0.376 e. The monoisotopic (exact) mass is 478 g/mol. The van der Waals surface area contributed by atoms with Gasteiger partial charge >= 0.3 is 0 Å². The van der Waals surface area contributed by atoms with Gasteiger partial charge in [-0.05, 0) is 52.8 Å². The molecular weight excluding hydrogens is 456 g/mol. The molecule has 1 aliphatic carbocycles. The molecule has 0 amide bonds. The number of aryl methyl sites for hydroxylation is 1. The highest BCUT2D eigenvalue weighted by atomic mass is 35.5. The van der Waals surface area contributed by atoms with Gasteiger partial charge in [-0.15, -0.1) is 11.3 Å². The molecule has 0 saturated heterocycles. The molecule has 0 saturated carbocycles. The zero-order valence-corrected chi connectivity index (χ0v) is 20.1. The minimum atomic E-state index is -1.36. The molecule has 0 aliphatic heterocycles. The molecule has 1 aromatic heterocycles. The number of hydrogen-bond acceptors (Lipinski definition) is 2. The summed E-state index contributed by atoms with van der Waals surface area (Å²) >= 11 is 8.44. The Morgan fingerprint density at radius 1 is 0.765 bits per heavy atom. The van der Waals surface area contributed by atoms with Crippen LogP contribution in [-0.4, -0.2) is 5.11 Å². The normalized spacial score (nSPS) is 13.2. The first-order valence-electron chi connectivity index (χ1n) is 11.5. The lowest BCUT2D eigenvalue weighted by atomic mass is 9.77. The molecule has 3 heteroatoms. The predicted molar refractivity (Wildman–Crippen MR) is 145 cm³/mol. The van der Waals surface area contributed by atoms with Gasteiger partial charge in [0.25, 0.3) is 0 Å². The Labute approximate surface area is 208 Å². The van der Waals surface area contributed by atoms with E-state index in [1.54, 1.807) is 0 Å². The van der Waals surface area contributed by atoms with Gasteiger partial charge in [0.1, 0.15) is 5.60 Å². The number of benzene rings is 4. The number of aliphatic hydroxyl groups is 1. The molecule has 1 heterocycles. The number of fused-ring (bicyclic) bond motifs is 3. The van der Waals surface area contributed by atoms with E-state index in [4.69, 9.17) is 11.6 Å². The summed E-state index contributed by atoms with van der Waals surface area (Å²) in [4.78, 5) is 1.43. The maximum atomic E-state index is 12.6. The fourth-order valence-electron chi connectivity index (χ4n) is 5.07. The number of rotatable bonds is 4. The number of halogens is 1. The van der Waals surface area contributed by atoms with E-state index in [1.165, 1.54) is 20.5 Å². The molecular formula is C31H23ClOS. The average Bonchev–Trinajstić information content (AvgIpc) is 3.28. The maximum absolute atomic E-state index is 12.6. The van der Waals surface area contributed by atoms with Crippen molar-refractivity contribution >= 4 is 39.1 Å². The second kappa shape index (κ2) is 8.56. The van der Waals surface area contributed by atoms with Crippen LogP contribution in [0.2, 0.25) is 5.02 Å². The Bertz CT molecular complexity index is 1480. The SMILES string of the molecule is OC(c1ccccc1)(c1ccccc1)c1cc(Cl)ccc1-c1cccc2c3c(sc12)CCC=C3. The van der Waals surface area contributed by atoms with E-state index in [2.05, 4.69) is 36.4 Å². The molecule has 4 aromatic carbocycles. The maximum Gasteiger partial charge on any atom is 0.141 e. The van der Waals surface area contributed by atoms with Crippen LogP contribution < -0.4 is 0 Å². The van der Waals surface area contributed by atoms with Crippen LogP contribution in [0, 0.1) is 0 Å². The Balaban J connectivity index is 1.67. The summed E-state index contributed by atoms with van der Waals surface area (Å²) in [5, 5.41) is 14.4. The van der Waals surface area contributed by atoms with Gasteiger partial charge in [-0.1, -0.05) is 109 Å². The third-order valence-corrected chi connectivity index (χ3v) is 8.25. The standard InChI is InChI=1S/C31H23ClOS/c32-23-18-19-24(26-15-9-16-27-25-14-7-8-17-29(25)34-30(26)27)28(20-23)31(33,21-10-3-1-4-11-21)22-12-5-2-6-13-22/h1-7,9-16,18-20,33H,8,17H2. The molecule has 0 spiro atoms. The lowest BCUT2D eigenvalue weighted by Gasteiger charge is -2.32. The molecule has 6 rings (SSSR count).